The lowest BCUT2D eigenvalue weighted by atomic mass is 9.79. The molecule has 2 N–H and O–H groups in total. The zero-order valence-electron chi connectivity index (χ0n) is 12.9. The molecule has 116 valence electrons. The predicted octanol–water partition coefficient (Wildman–Crippen LogP) is 3.94. The first-order valence-electron chi connectivity index (χ1n) is 7.78. The van der Waals surface area contributed by atoms with Crippen LogP contribution in [0.15, 0.2) is 28.7 Å². The van der Waals surface area contributed by atoms with E-state index in [4.69, 9.17) is 0 Å². The summed E-state index contributed by atoms with van der Waals surface area (Å²) in [4.78, 5) is 12.4. The van der Waals surface area contributed by atoms with Crippen LogP contribution in [0.25, 0.3) is 0 Å². The summed E-state index contributed by atoms with van der Waals surface area (Å²) in [7, 11) is 1.98. The molecule has 1 amide bonds. The number of hydrogen-bond acceptors (Lipinski definition) is 2. The molecule has 4 heteroatoms. The van der Waals surface area contributed by atoms with Crippen LogP contribution >= 0.6 is 15.9 Å². The van der Waals surface area contributed by atoms with Crippen LogP contribution in [-0.2, 0) is 4.79 Å². The zero-order valence-corrected chi connectivity index (χ0v) is 14.5. The highest BCUT2D eigenvalue weighted by atomic mass is 79.9. The van der Waals surface area contributed by atoms with E-state index in [0.29, 0.717) is 6.42 Å². The Balaban J connectivity index is 1.94. The molecule has 1 aliphatic carbocycles. The second-order valence-electron chi connectivity index (χ2n) is 6.11. The number of carbonyl (C=O) groups is 1. The van der Waals surface area contributed by atoms with Gasteiger partial charge < -0.3 is 10.6 Å². The van der Waals surface area contributed by atoms with Gasteiger partial charge in [0.1, 0.15) is 0 Å². The Morgan fingerprint density at radius 2 is 2.05 bits per heavy atom. The first kappa shape index (κ1) is 16.5. The van der Waals surface area contributed by atoms with E-state index in [-0.39, 0.29) is 17.5 Å². The van der Waals surface area contributed by atoms with Gasteiger partial charge in [-0.3, -0.25) is 4.79 Å². The van der Waals surface area contributed by atoms with Crippen LogP contribution in [-0.4, -0.2) is 18.5 Å². The van der Waals surface area contributed by atoms with Crippen LogP contribution in [0.2, 0.25) is 0 Å². The third-order valence-electron chi connectivity index (χ3n) is 4.57. The van der Waals surface area contributed by atoms with Gasteiger partial charge in [0, 0.05) is 16.4 Å². The maximum atomic E-state index is 12.4. The molecule has 1 atom stereocenters. The maximum absolute atomic E-state index is 12.4. The van der Waals surface area contributed by atoms with Gasteiger partial charge >= 0.3 is 0 Å². The Morgan fingerprint density at radius 3 is 2.67 bits per heavy atom. The average Bonchev–Trinajstić information content (AvgIpc) is 2.48. The lowest BCUT2D eigenvalue weighted by Gasteiger charge is -2.37. The van der Waals surface area contributed by atoms with Crippen molar-refractivity contribution in [2.24, 2.45) is 0 Å². The molecule has 0 heterocycles. The summed E-state index contributed by atoms with van der Waals surface area (Å²) in [6.45, 7) is 2.03. The van der Waals surface area contributed by atoms with Gasteiger partial charge in [-0.25, -0.2) is 0 Å². The fourth-order valence-electron chi connectivity index (χ4n) is 3.20. The SMILES string of the molecule is CNC1(CC(=O)N[C@@H](C)c2cccc(Br)c2)CCCCC1. The molecule has 0 spiro atoms. The summed E-state index contributed by atoms with van der Waals surface area (Å²) in [5, 5.41) is 6.53. The first-order valence-corrected chi connectivity index (χ1v) is 8.58. The Bertz CT molecular complexity index is 483. The second kappa shape index (κ2) is 7.41. The van der Waals surface area contributed by atoms with Gasteiger partial charge in [-0.05, 0) is 44.5 Å². The van der Waals surface area contributed by atoms with E-state index < -0.39 is 0 Å². The minimum Gasteiger partial charge on any atom is -0.350 e. The van der Waals surface area contributed by atoms with Crippen molar-refractivity contribution in [3.05, 3.63) is 34.3 Å². The van der Waals surface area contributed by atoms with Gasteiger partial charge in [-0.2, -0.15) is 0 Å². The summed E-state index contributed by atoms with van der Waals surface area (Å²) in [6.07, 6.45) is 6.50. The molecular weight excluding hydrogens is 328 g/mol. The molecular formula is C17H25BrN2O. The van der Waals surface area contributed by atoms with E-state index in [2.05, 4.69) is 32.6 Å². The van der Waals surface area contributed by atoms with Gasteiger partial charge in [0.15, 0.2) is 0 Å². The highest BCUT2D eigenvalue weighted by Gasteiger charge is 2.32. The zero-order chi connectivity index (χ0) is 15.3. The molecule has 2 rings (SSSR count). The smallest absolute Gasteiger partial charge is 0.222 e. The Morgan fingerprint density at radius 1 is 1.33 bits per heavy atom. The highest BCUT2D eigenvalue weighted by Crippen LogP contribution is 2.31. The molecule has 0 unspecified atom stereocenters. The third kappa shape index (κ3) is 4.55. The van der Waals surface area contributed by atoms with Crippen molar-refractivity contribution in [1.82, 2.24) is 10.6 Å². The number of rotatable bonds is 5. The maximum Gasteiger partial charge on any atom is 0.222 e. The highest BCUT2D eigenvalue weighted by molar-refractivity contribution is 9.10. The van der Waals surface area contributed by atoms with E-state index in [9.17, 15) is 4.79 Å². The number of halogens is 1. The molecule has 0 aromatic heterocycles. The van der Waals surface area contributed by atoms with E-state index in [1.165, 1.54) is 19.3 Å². The number of nitrogens with one attached hydrogen (secondary N) is 2. The van der Waals surface area contributed by atoms with Crippen LogP contribution in [0.1, 0.15) is 57.1 Å². The van der Waals surface area contributed by atoms with Gasteiger partial charge in [0.25, 0.3) is 0 Å². The topological polar surface area (TPSA) is 41.1 Å². The van der Waals surface area contributed by atoms with Crippen LogP contribution in [0.4, 0.5) is 0 Å². The van der Waals surface area contributed by atoms with Gasteiger partial charge in [0.05, 0.1) is 6.04 Å². The normalized spacial score (nSPS) is 19.0. The molecule has 0 aliphatic heterocycles. The molecule has 1 aliphatic rings. The van der Waals surface area contributed by atoms with Crippen molar-refractivity contribution in [3.63, 3.8) is 0 Å². The molecule has 0 bridgehead atoms. The molecule has 1 saturated carbocycles. The average molecular weight is 353 g/mol. The summed E-state index contributed by atoms with van der Waals surface area (Å²) in [5.74, 6) is 0.138. The number of amides is 1. The predicted molar refractivity (Wildman–Crippen MR) is 90.2 cm³/mol. The Labute approximate surface area is 136 Å². The fraction of sp³-hybridized carbons (Fsp3) is 0.588. The second-order valence-corrected chi connectivity index (χ2v) is 7.03. The molecule has 0 saturated heterocycles. The Hall–Kier alpha value is -0.870. The first-order chi connectivity index (χ1) is 10.0. The Kier molecular flexibility index (Phi) is 5.82. The van der Waals surface area contributed by atoms with Crippen LogP contribution < -0.4 is 10.6 Å². The standard InChI is InChI=1S/C17H25BrN2O/c1-13(14-7-6-8-15(18)11-14)20-16(21)12-17(19-2)9-4-3-5-10-17/h6-8,11,13,19H,3-5,9-10,12H2,1-2H3,(H,20,21)/t13-/m0/s1. The third-order valence-corrected chi connectivity index (χ3v) is 5.06. The van der Waals surface area contributed by atoms with Gasteiger partial charge in [-0.1, -0.05) is 47.3 Å². The van der Waals surface area contributed by atoms with E-state index in [1.807, 2.05) is 32.2 Å². The van der Waals surface area contributed by atoms with E-state index in [1.54, 1.807) is 0 Å². The van der Waals surface area contributed by atoms with Crippen molar-refractivity contribution in [2.75, 3.05) is 7.05 Å². The minimum absolute atomic E-state index is 0.000670. The van der Waals surface area contributed by atoms with Crippen LogP contribution in [0.3, 0.4) is 0 Å². The molecule has 3 nitrogen and oxygen atoms in total. The summed E-state index contributed by atoms with van der Waals surface area (Å²) in [6, 6.07) is 8.13. The largest absolute Gasteiger partial charge is 0.350 e. The van der Waals surface area contributed by atoms with E-state index in [0.717, 1.165) is 22.9 Å². The number of benzene rings is 1. The molecule has 1 fully saturated rings. The lowest BCUT2D eigenvalue weighted by molar-refractivity contribution is -0.123. The summed E-state index contributed by atoms with van der Waals surface area (Å²) >= 11 is 3.47. The summed E-state index contributed by atoms with van der Waals surface area (Å²) in [5.41, 5.74) is 1.12. The summed E-state index contributed by atoms with van der Waals surface area (Å²) < 4.78 is 1.04. The van der Waals surface area contributed by atoms with Crippen molar-refractivity contribution >= 4 is 21.8 Å². The fourth-order valence-corrected chi connectivity index (χ4v) is 3.62. The minimum atomic E-state index is -0.000670. The number of hydrogen-bond donors (Lipinski definition) is 2. The molecule has 1 aromatic carbocycles. The van der Waals surface area contributed by atoms with Crippen molar-refractivity contribution in [3.8, 4) is 0 Å². The van der Waals surface area contributed by atoms with Crippen molar-refractivity contribution in [2.45, 2.75) is 57.0 Å². The van der Waals surface area contributed by atoms with Crippen LogP contribution in [0, 0.1) is 0 Å². The van der Waals surface area contributed by atoms with E-state index >= 15 is 0 Å². The van der Waals surface area contributed by atoms with Crippen molar-refractivity contribution in [1.29, 1.82) is 0 Å². The van der Waals surface area contributed by atoms with Crippen molar-refractivity contribution < 1.29 is 4.79 Å². The monoisotopic (exact) mass is 352 g/mol. The van der Waals surface area contributed by atoms with Gasteiger partial charge in [-0.15, -0.1) is 0 Å². The number of carbonyl (C=O) groups excluding carboxylic acids is 1. The molecule has 21 heavy (non-hydrogen) atoms. The van der Waals surface area contributed by atoms with Gasteiger partial charge in [0.2, 0.25) is 5.91 Å². The van der Waals surface area contributed by atoms with Crippen LogP contribution in [0.5, 0.6) is 0 Å². The molecule has 1 aromatic rings. The lowest BCUT2D eigenvalue weighted by Crippen LogP contribution is -2.48. The molecule has 0 radical (unpaired) electrons. The quantitative estimate of drug-likeness (QED) is 0.842.